The average Bonchev–Trinajstić information content (AvgIpc) is 3.44. The van der Waals surface area contributed by atoms with Crippen molar-refractivity contribution in [3.8, 4) is 11.8 Å². The van der Waals surface area contributed by atoms with Crippen molar-refractivity contribution >= 4 is 22.8 Å². The van der Waals surface area contributed by atoms with E-state index >= 15 is 0 Å². The van der Waals surface area contributed by atoms with E-state index in [1.807, 2.05) is 41.1 Å². The zero-order valence-electron chi connectivity index (χ0n) is 18.2. The highest BCUT2D eigenvalue weighted by molar-refractivity contribution is 5.89. The summed E-state index contributed by atoms with van der Waals surface area (Å²) in [5.41, 5.74) is 9.17. The van der Waals surface area contributed by atoms with Crippen LogP contribution in [0.5, 0.6) is 5.75 Å². The van der Waals surface area contributed by atoms with Gasteiger partial charge < -0.3 is 25.0 Å². The maximum atomic E-state index is 12.9. The number of hydrogen-bond acceptors (Lipinski definition) is 5. The monoisotopic (exact) mass is 446 g/mol. The van der Waals surface area contributed by atoms with Crippen molar-refractivity contribution in [2.45, 2.75) is 38.5 Å². The predicted molar refractivity (Wildman–Crippen MR) is 123 cm³/mol. The van der Waals surface area contributed by atoms with Crippen LogP contribution in [0, 0.1) is 11.3 Å². The zero-order chi connectivity index (χ0) is 23.4. The maximum Gasteiger partial charge on any atom is 0.326 e. The average molecular weight is 447 g/mol. The molecule has 1 saturated heterocycles. The van der Waals surface area contributed by atoms with Gasteiger partial charge in [-0.05, 0) is 67.3 Å². The van der Waals surface area contributed by atoms with Crippen LogP contribution in [-0.4, -0.2) is 45.6 Å². The summed E-state index contributed by atoms with van der Waals surface area (Å²) in [5.74, 6) is -0.476. The van der Waals surface area contributed by atoms with Crippen molar-refractivity contribution in [1.82, 2.24) is 9.47 Å². The quantitative estimate of drug-likeness (QED) is 0.549. The molecule has 2 aromatic carbocycles. The number of hydrogen-bond donors (Lipinski definition) is 2. The van der Waals surface area contributed by atoms with Crippen LogP contribution in [0.25, 0.3) is 10.9 Å². The van der Waals surface area contributed by atoms with Crippen molar-refractivity contribution in [3.05, 3.63) is 65.4 Å². The molecule has 1 fully saturated rings. The number of carboxylic acid groups (broad SMARTS) is 1. The summed E-state index contributed by atoms with van der Waals surface area (Å²) < 4.78 is 7.82. The van der Waals surface area contributed by atoms with Gasteiger partial charge in [-0.3, -0.25) is 4.79 Å². The molecule has 1 unspecified atom stereocenters. The number of nitrogens with two attached hydrogens (primary N) is 1. The first-order chi connectivity index (χ1) is 16.0. The fourth-order valence-corrected chi connectivity index (χ4v) is 4.38. The van der Waals surface area contributed by atoms with Gasteiger partial charge in [0.25, 0.3) is 0 Å². The number of carbonyl (C=O) groups excluding carboxylic acids is 1. The van der Waals surface area contributed by atoms with E-state index in [4.69, 9.17) is 15.7 Å². The van der Waals surface area contributed by atoms with Crippen LogP contribution in [0.4, 0.5) is 0 Å². The smallest absolute Gasteiger partial charge is 0.326 e. The first-order valence-corrected chi connectivity index (χ1v) is 11.0. The van der Waals surface area contributed by atoms with Crippen LogP contribution in [0.1, 0.15) is 29.5 Å². The first kappa shape index (κ1) is 22.4. The van der Waals surface area contributed by atoms with Gasteiger partial charge in [-0.1, -0.05) is 12.1 Å². The molecule has 0 saturated carbocycles. The topological polar surface area (TPSA) is 122 Å². The third-order valence-corrected chi connectivity index (χ3v) is 5.97. The highest BCUT2D eigenvalue weighted by atomic mass is 16.5. The minimum absolute atomic E-state index is 0.0754. The van der Waals surface area contributed by atoms with E-state index in [1.54, 1.807) is 12.1 Å². The zero-order valence-corrected chi connectivity index (χ0v) is 18.2. The van der Waals surface area contributed by atoms with Gasteiger partial charge in [0, 0.05) is 23.6 Å². The second-order valence-corrected chi connectivity index (χ2v) is 8.18. The largest absolute Gasteiger partial charge is 0.489 e. The Labute approximate surface area is 191 Å². The molecule has 33 heavy (non-hydrogen) atoms. The second-order valence-electron chi connectivity index (χ2n) is 8.18. The molecule has 0 bridgehead atoms. The van der Waals surface area contributed by atoms with Gasteiger partial charge in [-0.2, -0.15) is 5.26 Å². The lowest BCUT2D eigenvalue weighted by Crippen LogP contribution is -2.41. The van der Waals surface area contributed by atoms with E-state index in [0.717, 1.165) is 22.0 Å². The molecule has 1 atom stereocenters. The number of likely N-dealkylation sites (tertiary alicyclic amines) is 1. The molecule has 0 spiro atoms. The van der Waals surface area contributed by atoms with Gasteiger partial charge >= 0.3 is 5.97 Å². The molecule has 3 N–H and O–H groups in total. The van der Waals surface area contributed by atoms with Gasteiger partial charge in [-0.25, -0.2) is 4.79 Å². The number of aliphatic carboxylic acids is 1. The SMILES string of the molecule is N#Cc1cccc(COc2ccc3c(c2)c(CCN)cn3CC(=O)N2CCCC2C(=O)O)c1. The molecule has 1 aromatic heterocycles. The molecule has 8 nitrogen and oxygen atoms in total. The van der Waals surface area contributed by atoms with Crippen molar-refractivity contribution in [2.24, 2.45) is 5.73 Å². The minimum Gasteiger partial charge on any atom is -0.489 e. The number of benzene rings is 2. The number of amides is 1. The molecular weight excluding hydrogens is 420 g/mol. The van der Waals surface area contributed by atoms with E-state index < -0.39 is 12.0 Å². The fourth-order valence-electron chi connectivity index (χ4n) is 4.38. The number of ether oxygens (including phenoxy) is 1. The van der Waals surface area contributed by atoms with Gasteiger partial charge in [0.1, 0.15) is 24.9 Å². The van der Waals surface area contributed by atoms with Crippen molar-refractivity contribution in [2.75, 3.05) is 13.1 Å². The molecule has 1 aliphatic rings. The number of rotatable bonds is 8. The molecule has 1 amide bonds. The highest BCUT2D eigenvalue weighted by Gasteiger charge is 2.34. The summed E-state index contributed by atoms with van der Waals surface area (Å²) in [6.45, 7) is 1.34. The Kier molecular flexibility index (Phi) is 6.61. The maximum absolute atomic E-state index is 12.9. The molecule has 2 heterocycles. The minimum atomic E-state index is -0.955. The number of fused-ring (bicyclic) bond motifs is 1. The van der Waals surface area contributed by atoms with Gasteiger partial charge in [0.2, 0.25) is 5.91 Å². The Morgan fingerprint density at radius 2 is 2.09 bits per heavy atom. The van der Waals surface area contributed by atoms with Crippen molar-refractivity contribution in [3.63, 3.8) is 0 Å². The predicted octanol–water partition coefficient (Wildman–Crippen LogP) is 2.67. The van der Waals surface area contributed by atoms with Gasteiger partial charge in [0.05, 0.1) is 11.6 Å². The van der Waals surface area contributed by atoms with Crippen molar-refractivity contribution < 1.29 is 19.4 Å². The summed E-state index contributed by atoms with van der Waals surface area (Å²) >= 11 is 0. The number of aromatic nitrogens is 1. The van der Waals surface area contributed by atoms with Crippen LogP contribution < -0.4 is 10.5 Å². The van der Waals surface area contributed by atoms with Gasteiger partial charge in [-0.15, -0.1) is 0 Å². The number of carboxylic acids is 1. The van der Waals surface area contributed by atoms with Crippen molar-refractivity contribution in [1.29, 1.82) is 5.26 Å². The molecule has 1 aliphatic heterocycles. The molecule has 3 aromatic rings. The summed E-state index contributed by atoms with van der Waals surface area (Å²) in [5, 5.41) is 19.4. The van der Waals surface area contributed by atoms with E-state index in [9.17, 15) is 14.7 Å². The standard InChI is InChI=1S/C25H26N4O4/c26-9-8-19-14-28(15-24(30)29-10-2-5-23(29)25(31)32)22-7-6-20(12-21(19)22)33-16-18-4-1-3-17(11-18)13-27/h1,3-4,6-7,11-12,14,23H,2,5,8-10,15-16,26H2,(H,31,32). The highest BCUT2D eigenvalue weighted by Crippen LogP contribution is 2.28. The molecule has 0 aliphatic carbocycles. The lowest BCUT2D eigenvalue weighted by Gasteiger charge is -2.21. The van der Waals surface area contributed by atoms with Crippen LogP contribution in [-0.2, 0) is 29.2 Å². The Hall–Kier alpha value is -3.83. The van der Waals surface area contributed by atoms with E-state index in [0.29, 0.717) is 50.3 Å². The Bertz CT molecular complexity index is 1230. The molecule has 0 radical (unpaired) electrons. The van der Waals surface area contributed by atoms with Crippen LogP contribution in [0.3, 0.4) is 0 Å². The lowest BCUT2D eigenvalue weighted by molar-refractivity contribution is -0.148. The fraction of sp³-hybridized carbons (Fsp3) is 0.320. The number of nitriles is 1. The first-order valence-electron chi connectivity index (χ1n) is 11.0. The van der Waals surface area contributed by atoms with Crippen LogP contribution in [0.15, 0.2) is 48.7 Å². The lowest BCUT2D eigenvalue weighted by atomic mass is 10.1. The third kappa shape index (κ3) is 4.83. The van der Waals surface area contributed by atoms with E-state index in [1.165, 1.54) is 4.90 Å². The molecule has 8 heteroatoms. The van der Waals surface area contributed by atoms with Gasteiger partial charge in [0.15, 0.2) is 0 Å². The van der Waals surface area contributed by atoms with Crippen LogP contribution in [0.2, 0.25) is 0 Å². The Balaban J connectivity index is 1.55. The Morgan fingerprint density at radius 3 is 2.85 bits per heavy atom. The summed E-state index contributed by atoms with van der Waals surface area (Å²) in [7, 11) is 0. The molecule has 4 rings (SSSR count). The van der Waals surface area contributed by atoms with Crippen LogP contribution >= 0.6 is 0 Å². The Morgan fingerprint density at radius 1 is 1.24 bits per heavy atom. The summed E-state index contributed by atoms with van der Waals surface area (Å²) in [4.78, 5) is 25.8. The molecule has 170 valence electrons. The third-order valence-electron chi connectivity index (χ3n) is 5.97. The second kappa shape index (κ2) is 9.76. The van der Waals surface area contributed by atoms with E-state index in [-0.39, 0.29) is 12.5 Å². The molecular formula is C25H26N4O4. The number of nitrogens with zero attached hydrogens (tertiary/aromatic N) is 3. The summed E-state index contributed by atoms with van der Waals surface area (Å²) in [6, 6.07) is 14.3. The normalized spacial score (nSPS) is 15.5. The van der Waals surface area contributed by atoms with E-state index in [2.05, 4.69) is 6.07 Å². The summed E-state index contributed by atoms with van der Waals surface area (Å²) in [6.07, 6.45) is 3.75. The number of carbonyl (C=O) groups is 2.